The molecule has 0 amide bonds. The van der Waals surface area contributed by atoms with E-state index in [0.29, 0.717) is 11.2 Å². The highest BCUT2D eigenvalue weighted by Crippen LogP contribution is 1.90. The van der Waals surface area contributed by atoms with Crippen LogP contribution in [0.2, 0.25) is 0 Å². The van der Waals surface area contributed by atoms with Crippen LogP contribution in [0.3, 0.4) is 0 Å². The van der Waals surface area contributed by atoms with Crippen molar-refractivity contribution < 1.29 is 0 Å². The van der Waals surface area contributed by atoms with Gasteiger partial charge in [0.05, 0.1) is 0 Å². The summed E-state index contributed by atoms with van der Waals surface area (Å²) in [5.41, 5.74) is 5.31. The molecule has 0 aliphatic heterocycles. The average molecular weight is 175 g/mol. The van der Waals surface area contributed by atoms with E-state index in [1.807, 2.05) is 14.1 Å². The normalized spacial score (nSPS) is 13.1. The Bertz CT molecular complexity index is 125. The summed E-state index contributed by atoms with van der Waals surface area (Å²) in [5, 5.41) is 3.37. The second kappa shape index (κ2) is 5.32. The van der Waals surface area contributed by atoms with Gasteiger partial charge in [-0.15, -0.1) is 0 Å². The lowest BCUT2D eigenvalue weighted by atomic mass is 10.2. The minimum Gasteiger partial charge on any atom is -0.376 e. The molecule has 0 saturated carbocycles. The molecule has 0 aliphatic carbocycles. The van der Waals surface area contributed by atoms with Gasteiger partial charge in [-0.25, -0.2) is 0 Å². The fourth-order valence-electron chi connectivity index (χ4n) is 0.767. The van der Waals surface area contributed by atoms with Crippen LogP contribution in [0.5, 0.6) is 0 Å². The first-order valence-electron chi connectivity index (χ1n) is 3.73. The summed E-state index contributed by atoms with van der Waals surface area (Å²) in [5.74, 6) is 0. The molecular formula is C7H17N3S. The smallest absolute Gasteiger partial charge is 0.163 e. The zero-order chi connectivity index (χ0) is 8.85. The second-order valence-electron chi connectivity index (χ2n) is 3.00. The maximum Gasteiger partial charge on any atom is 0.163 e. The van der Waals surface area contributed by atoms with Crippen LogP contribution in [0.4, 0.5) is 0 Å². The molecule has 0 aromatic heterocycles. The van der Waals surface area contributed by atoms with Gasteiger partial charge in [0, 0.05) is 6.04 Å². The first-order chi connectivity index (χ1) is 5.02. The summed E-state index contributed by atoms with van der Waals surface area (Å²) >= 11 is 4.70. The van der Waals surface area contributed by atoms with Crippen molar-refractivity contribution in [2.45, 2.75) is 19.4 Å². The Morgan fingerprint density at radius 1 is 1.64 bits per heavy atom. The van der Waals surface area contributed by atoms with Crippen LogP contribution in [-0.2, 0) is 0 Å². The van der Waals surface area contributed by atoms with Gasteiger partial charge < -0.3 is 16.0 Å². The molecule has 0 aromatic carbocycles. The highest BCUT2D eigenvalue weighted by Gasteiger charge is 2.01. The molecule has 0 aliphatic rings. The van der Waals surface area contributed by atoms with E-state index in [9.17, 15) is 0 Å². The number of hydrogen-bond acceptors (Lipinski definition) is 2. The number of nitrogens with zero attached hydrogens (tertiary/aromatic N) is 1. The van der Waals surface area contributed by atoms with Gasteiger partial charge in [-0.1, -0.05) is 0 Å². The van der Waals surface area contributed by atoms with Gasteiger partial charge in [0.1, 0.15) is 0 Å². The van der Waals surface area contributed by atoms with Crippen molar-refractivity contribution in [1.82, 2.24) is 10.2 Å². The summed E-state index contributed by atoms with van der Waals surface area (Å²) in [6.07, 6.45) is 1.06. The number of nitrogens with two attached hydrogens (primary N) is 1. The van der Waals surface area contributed by atoms with E-state index < -0.39 is 0 Å². The minimum absolute atomic E-state index is 0.370. The number of hydrogen-bond donors (Lipinski definition) is 2. The number of rotatable bonds is 4. The zero-order valence-corrected chi connectivity index (χ0v) is 8.24. The van der Waals surface area contributed by atoms with E-state index in [4.69, 9.17) is 18.0 Å². The van der Waals surface area contributed by atoms with Gasteiger partial charge in [-0.05, 0) is 46.2 Å². The van der Waals surface area contributed by atoms with Crippen molar-refractivity contribution in [2.24, 2.45) is 5.73 Å². The number of thiocarbonyl (C=S) groups is 1. The summed E-state index contributed by atoms with van der Waals surface area (Å²) in [4.78, 5) is 2.14. The Kier molecular flexibility index (Phi) is 5.15. The van der Waals surface area contributed by atoms with Gasteiger partial charge >= 0.3 is 0 Å². The van der Waals surface area contributed by atoms with Crippen molar-refractivity contribution in [3.05, 3.63) is 0 Å². The van der Waals surface area contributed by atoms with Crippen LogP contribution in [0.25, 0.3) is 0 Å². The molecule has 0 aromatic rings. The van der Waals surface area contributed by atoms with Crippen LogP contribution in [-0.4, -0.2) is 36.7 Å². The van der Waals surface area contributed by atoms with E-state index in [1.54, 1.807) is 0 Å². The zero-order valence-electron chi connectivity index (χ0n) is 7.42. The topological polar surface area (TPSA) is 41.3 Å². The van der Waals surface area contributed by atoms with Crippen molar-refractivity contribution in [1.29, 1.82) is 0 Å². The maximum atomic E-state index is 5.31. The molecular weight excluding hydrogens is 158 g/mol. The van der Waals surface area contributed by atoms with Gasteiger partial charge in [0.2, 0.25) is 0 Å². The SMILES string of the molecule is CC(CCN(C)C)NC(N)=S. The molecule has 0 heterocycles. The standard InChI is InChI=1S/C7H17N3S/c1-6(9-7(8)11)4-5-10(2)3/h6H,4-5H2,1-3H3,(H3,8,9,11). The molecule has 1 atom stereocenters. The molecule has 1 unspecified atom stereocenters. The predicted octanol–water partition coefficient (Wildman–Crippen LogP) is 0.160. The molecule has 66 valence electrons. The molecule has 0 fully saturated rings. The molecule has 0 saturated heterocycles. The Morgan fingerprint density at radius 3 is 2.55 bits per heavy atom. The Balaban J connectivity index is 3.37. The average Bonchev–Trinajstić information content (AvgIpc) is 1.82. The molecule has 4 heteroatoms. The first kappa shape index (κ1) is 10.7. The lowest BCUT2D eigenvalue weighted by Crippen LogP contribution is -2.38. The van der Waals surface area contributed by atoms with Crippen LogP contribution >= 0.6 is 12.2 Å². The van der Waals surface area contributed by atoms with E-state index >= 15 is 0 Å². The first-order valence-corrected chi connectivity index (χ1v) is 4.14. The molecule has 0 radical (unpaired) electrons. The summed E-state index contributed by atoms with van der Waals surface area (Å²) in [6.45, 7) is 3.12. The molecule has 0 spiro atoms. The quantitative estimate of drug-likeness (QED) is 0.597. The molecule has 0 rings (SSSR count). The van der Waals surface area contributed by atoms with E-state index in [2.05, 4.69) is 17.1 Å². The lowest BCUT2D eigenvalue weighted by molar-refractivity contribution is 0.379. The third kappa shape index (κ3) is 7.55. The Hall–Kier alpha value is -0.350. The molecule has 0 bridgehead atoms. The second-order valence-corrected chi connectivity index (χ2v) is 3.44. The van der Waals surface area contributed by atoms with E-state index in [1.165, 1.54) is 0 Å². The highest BCUT2D eigenvalue weighted by atomic mass is 32.1. The fourth-order valence-corrected chi connectivity index (χ4v) is 0.968. The Labute approximate surface area is 73.9 Å². The maximum absolute atomic E-state index is 5.31. The van der Waals surface area contributed by atoms with Crippen LogP contribution in [0.15, 0.2) is 0 Å². The highest BCUT2D eigenvalue weighted by molar-refractivity contribution is 7.80. The molecule has 11 heavy (non-hydrogen) atoms. The van der Waals surface area contributed by atoms with Crippen molar-refractivity contribution in [3.63, 3.8) is 0 Å². The molecule has 3 N–H and O–H groups in total. The van der Waals surface area contributed by atoms with Crippen LogP contribution in [0, 0.1) is 0 Å². The summed E-state index contributed by atoms with van der Waals surface area (Å²) in [7, 11) is 4.10. The summed E-state index contributed by atoms with van der Waals surface area (Å²) < 4.78 is 0. The third-order valence-corrected chi connectivity index (χ3v) is 1.52. The van der Waals surface area contributed by atoms with E-state index in [-0.39, 0.29) is 0 Å². The van der Waals surface area contributed by atoms with Crippen LogP contribution < -0.4 is 11.1 Å². The lowest BCUT2D eigenvalue weighted by Gasteiger charge is -2.16. The van der Waals surface area contributed by atoms with E-state index in [0.717, 1.165) is 13.0 Å². The number of nitrogens with one attached hydrogen (secondary N) is 1. The molecule has 3 nitrogen and oxygen atoms in total. The minimum atomic E-state index is 0.370. The largest absolute Gasteiger partial charge is 0.376 e. The van der Waals surface area contributed by atoms with Gasteiger partial charge in [0.15, 0.2) is 5.11 Å². The van der Waals surface area contributed by atoms with Gasteiger partial charge in [-0.2, -0.15) is 0 Å². The predicted molar refractivity (Wildman–Crippen MR) is 52.6 cm³/mol. The van der Waals surface area contributed by atoms with Gasteiger partial charge in [-0.3, -0.25) is 0 Å². The summed E-state index contributed by atoms with van der Waals surface area (Å²) in [6, 6.07) is 0.370. The monoisotopic (exact) mass is 175 g/mol. The third-order valence-electron chi connectivity index (χ3n) is 1.40. The van der Waals surface area contributed by atoms with Crippen LogP contribution in [0.1, 0.15) is 13.3 Å². The van der Waals surface area contributed by atoms with Crippen molar-refractivity contribution in [2.75, 3.05) is 20.6 Å². The van der Waals surface area contributed by atoms with Crippen molar-refractivity contribution >= 4 is 17.3 Å². The van der Waals surface area contributed by atoms with Crippen molar-refractivity contribution in [3.8, 4) is 0 Å². The Morgan fingerprint density at radius 2 is 2.18 bits per heavy atom. The fraction of sp³-hybridized carbons (Fsp3) is 0.857. The van der Waals surface area contributed by atoms with Gasteiger partial charge in [0.25, 0.3) is 0 Å².